The maximum atomic E-state index is 12.1. The Morgan fingerprint density at radius 3 is 2.82 bits per heavy atom. The summed E-state index contributed by atoms with van der Waals surface area (Å²) in [6.45, 7) is 5.08. The highest BCUT2D eigenvalue weighted by molar-refractivity contribution is 7.89. The number of amides is 1. The summed E-state index contributed by atoms with van der Waals surface area (Å²) in [5, 5.41) is 8.12. The van der Waals surface area contributed by atoms with E-state index in [9.17, 15) is 13.2 Å². The van der Waals surface area contributed by atoms with Crippen LogP contribution in [0, 0.1) is 0 Å². The third-order valence-electron chi connectivity index (χ3n) is 3.83. The van der Waals surface area contributed by atoms with E-state index in [2.05, 4.69) is 12.2 Å². The van der Waals surface area contributed by atoms with Gasteiger partial charge in [0.2, 0.25) is 15.9 Å². The molecule has 1 heterocycles. The van der Waals surface area contributed by atoms with E-state index >= 15 is 0 Å². The molecule has 22 heavy (non-hydrogen) atoms. The van der Waals surface area contributed by atoms with Crippen molar-refractivity contribution < 1.29 is 13.2 Å². The lowest BCUT2D eigenvalue weighted by atomic mass is 10.2. The van der Waals surface area contributed by atoms with Crippen molar-refractivity contribution >= 4 is 21.6 Å². The van der Waals surface area contributed by atoms with Crippen molar-refractivity contribution in [3.05, 3.63) is 23.8 Å². The lowest BCUT2D eigenvalue weighted by Crippen LogP contribution is -2.40. The Bertz CT molecular complexity index is 658. The Balaban J connectivity index is 2.05. The molecule has 6 nitrogen and oxygen atoms in total. The van der Waals surface area contributed by atoms with Crippen LogP contribution in [0.3, 0.4) is 0 Å². The molecule has 1 atom stereocenters. The number of fused-ring (bicyclic) bond motifs is 1. The first-order valence-corrected chi connectivity index (χ1v) is 9.06. The molecule has 1 aliphatic heterocycles. The maximum absolute atomic E-state index is 12.1. The summed E-state index contributed by atoms with van der Waals surface area (Å²) in [5.74, 6) is -0.00989. The van der Waals surface area contributed by atoms with Crippen molar-refractivity contribution in [1.29, 1.82) is 0 Å². The number of carbonyl (C=O) groups excluding carboxylic acids is 1. The molecule has 0 aliphatic carbocycles. The molecular weight excluding hydrogens is 302 g/mol. The average Bonchev–Trinajstić information content (AvgIpc) is 2.80. The van der Waals surface area contributed by atoms with Gasteiger partial charge in [-0.15, -0.1) is 0 Å². The van der Waals surface area contributed by atoms with Gasteiger partial charge in [-0.2, -0.15) is 0 Å². The second-order valence-electron chi connectivity index (χ2n) is 5.76. The number of benzene rings is 1. The van der Waals surface area contributed by atoms with Crippen LogP contribution < -0.4 is 15.4 Å². The Kier molecular flexibility index (Phi) is 5.08. The predicted molar refractivity (Wildman–Crippen MR) is 86.2 cm³/mol. The first-order chi connectivity index (χ1) is 10.3. The summed E-state index contributed by atoms with van der Waals surface area (Å²) in [4.78, 5) is 14.1. The molecule has 1 aromatic carbocycles. The molecule has 0 saturated carbocycles. The highest BCUT2D eigenvalue weighted by Gasteiger charge is 2.23. The molecule has 0 radical (unpaired) electrons. The van der Waals surface area contributed by atoms with Gasteiger partial charge in [-0.05, 0) is 43.5 Å². The van der Waals surface area contributed by atoms with E-state index in [-0.39, 0.29) is 23.4 Å². The van der Waals surface area contributed by atoms with Gasteiger partial charge in [-0.3, -0.25) is 4.79 Å². The van der Waals surface area contributed by atoms with E-state index < -0.39 is 10.0 Å². The second kappa shape index (κ2) is 6.66. The summed E-state index contributed by atoms with van der Waals surface area (Å²) < 4.78 is 22.7. The minimum absolute atomic E-state index is 0.00989. The van der Waals surface area contributed by atoms with Crippen LogP contribution >= 0.6 is 0 Å². The molecule has 1 amide bonds. The fraction of sp³-hybridized carbons (Fsp3) is 0.533. The summed E-state index contributed by atoms with van der Waals surface area (Å²) >= 11 is 0. The molecule has 0 aromatic heterocycles. The number of carbonyl (C=O) groups is 1. The van der Waals surface area contributed by atoms with Crippen LogP contribution in [0.2, 0.25) is 0 Å². The smallest absolute Gasteiger partial charge is 0.239 e. The van der Waals surface area contributed by atoms with Gasteiger partial charge in [-0.25, -0.2) is 13.6 Å². The molecule has 0 unspecified atom stereocenters. The van der Waals surface area contributed by atoms with Gasteiger partial charge in [0.05, 0.1) is 11.4 Å². The minimum Gasteiger partial charge on any atom is -0.362 e. The van der Waals surface area contributed by atoms with Crippen LogP contribution in [0.1, 0.15) is 32.3 Å². The number of hydrogen-bond donors (Lipinski definition) is 2. The summed E-state index contributed by atoms with van der Waals surface area (Å²) in [6, 6.07) is 4.99. The fourth-order valence-electron chi connectivity index (χ4n) is 2.79. The second-order valence-corrected chi connectivity index (χ2v) is 7.33. The van der Waals surface area contributed by atoms with Gasteiger partial charge < -0.3 is 10.2 Å². The van der Waals surface area contributed by atoms with Crippen molar-refractivity contribution in [2.45, 2.75) is 44.0 Å². The molecular formula is C15H23N3O3S. The molecule has 7 heteroatoms. The van der Waals surface area contributed by atoms with Gasteiger partial charge in [-0.1, -0.05) is 13.3 Å². The molecule has 1 aromatic rings. The van der Waals surface area contributed by atoms with Crippen LogP contribution in [0.25, 0.3) is 0 Å². The minimum atomic E-state index is -3.68. The van der Waals surface area contributed by atoms with E-state index in [0.29, 0.717) is 6.54 Å². The Labute approximate surface area is 131 Å². The Hall–Kier alpha value is -1.60. The van der Waals surface area contributed by atoms with Crippen LogP contribution in [0.15, 0.2) is 23.1 Å². The fourth-order valence-corrected chi connectivity index (χ4v) is 3.35. The number of sulfonamides is 1. The topological polar surface area (TPSA) is 92.5 Å². The molecule has 3 N–H and O–H groups in total. The van der Waals surface area contributed by atoms with Gasteiger partial charge in [0.25, 0.3) is 0 Å². The number of primary sulfonamides is 1. The SMILES string of the molecule is CCC[C@@H](C)NC(=O)CN1CCc2cc(S(N)(=O)=O)ccc21. The zero-order valence-electron chi connectivity index (χ0n) is 13.0. The molecule has 1 aliphatic rings. The number of rotatable bonds is 6. The van der Waals surface area contributed by atoms with Gasteiger partial charge in [0.15, 0.2) is 0 Å². The quantitative estimate of drug-likeness (QED) is 0.816. The number of nitrogens with two attached hydrogens (primary N) is 1. The van der Waals surface area contributed by atoms with E-state index in [1.54, 1.807) is 12.1 Å². The van der Waals surface area contributed by atoms with Crippen molar-refractivity contribution in [2.24, 2.45) is 5.14 Å². The van der Waals surface area contributed by atoms with Crippen molar-refractivity contribution in [2.75, 3.05) is 18.0 Å². The highest BCUT2D eigenvalue weighted by Crippen LogP contribution is 2.29. The molecule has 0 bridgehead atoms. The molecule has 2 rings (SSSR count). The monoisotopic (exact) mass is 325 g/mol. The molecule has 0 spiro atoms. The lowest BCUT2D eigenvalue weighted by Gasteiger charge is -2.20. The predicted octanol–water partition coefficient (Wildman–Crippen LogP) is 1.00. The van der Waals surface area contributed by atoms with E-state index in [1.165, 1.54) is 6.07 Å². The number of nitrogens with zero attached hydrogens (tertiary/aromatic N) is 1. The van der Waals surface area contributed by atoms with Crippen molar-refractivity contribution in [3.8, 4) is 0 Å². The van der Waals surface area contributed by atoms with Crippen LogP contribution in [0.4, 0.5) is 5.69 Å². The Morgan fingerprint density at radius 2 is 2.18 bits per heavy atom. The zero-order valence-corrected chi connectivity index (χ0v) is 13.8. The van der Waals surface area contributed by atoms with Crippen LogP contribution in [0.5, 0.6) is 0 Å². The standard InChI is InChI=1S/C15H23N3O3S/c1-3-4-11(2)17-15(19)10-18-8-7-12-9-13(22(16,20)21)5-6-14(12)18/h5-6,9,11H,3-4,7-8,10H2,1-2H3,(H,17,19)(H2,16,20,21)/t11-/m1/s1. The lowest BCUT2D eigenvalue weighted by molar-refractivity contribution is -0.120. The van der Waals surface area contributed by atoms with Gasteiger partial charge in [0, 0.05) is 18.3 Å². The molecule has 0 saturated heterocycles. The van der Waals surface area contributed by atoms with Crippen molar-refractivity contribution in [1.82, 2.24) is 5.32 Å². The highest BCUT2D eigenvalue weighted by atomic mass is 32.2. The normalized spacial score (nSPS) is 15.5. The van der Waals surface area contributed by atoms with Crippen molar-refractivity contribution in [3.63, 3.8) is 0 Å². The summed E-state index contributed by atoms with van der Waals surface area (Å²) in [7, 11) is -3.68. The summed E-state index contributed by atoms with van der Waals surface area (Å²) in [5.41, 5.74) is 1.83. The zero-order chi connectivity index (χ0) is 16.3. The first kappa shape index (κ1) is 16.8. The average molecular weight is 325 g/mol. The van der Waals surface area contributed by atoms with Crippen LogP contribution in [-0.2, 0) is 21.2 Å². The first-order valence-electron chi connectivity index (χ1n) is 7.51. The molecule has 122 valence electrons. The largest absolute Gasteiger partial charge is 0.362 e. The van der Waals surface area contributed by atoms with E-state index in [0.717, 1.165) is 30.5 Å². The van der Waals surface area contributed by atoms with E-state index in [4.69, 9.17) is 5.14 Å². The molecule has 0 fully saturated rings. The van der Waals surface area contributed by atoms with E-state index in [1.807, 2.05) is 11.8 Å². The Morgan fingerprint density at radius 1 is 1.45 bits per heavy atom. The third kappa shape index (κ3) is 3.98. The number of nitrogens with one attached hydrogen (secondary N) is 1. The number of anilines is 1. The summed E-state index contributed by atoms with van der Waals surface area (Å²) in [6.07, 6.45) is 2.71. The van der Waals surface area contributed by atoms with Gasteiger partial charge in [0.1, 0.15) is 0 Å². The third-order valence-corrected chi connectivity index (χ3v) is 4.75. The maximum Gasteiger partial charge on any atom is 0.239 e. The van der Waals surface area contributed by atoms with Gasteiger partial charge >= 0.3 is 0 Å². The number of hydrogen-bond acceptors (Lipinski definition) is 4. The van der Waals surface area contributed by atoms with Crippen LogP contribution in [-0.4, -0.2) is 33.5 Å².